The van der Waals surface area contributed by atoms with Crippen molar-refractivity contribution in [2.24, 2.45) is 0 Å². The highest BCUT2D eigenvalue weighted by atomic mass is 79.9. The number of nitrogens with zero attached hydrogens (tertiary/aromatic N) is 1. The van der Waals surface area contributed by atoms with Gasteiger partial charge in [-0.3, -0.25) is 4.79 Å². The van der Waals surface area contributed by atoms with E-state index in [9.17, 15) is 10.1 Å². The van der Waals surface area contributed by atoms with E-state index in [1.54, 1.807) is 37.4 Å². The molecule has 2 aromatic rings. The molecule has 4 heteroatoms. The first-order chi connectivity index (χ1) is 10.1. The zero-order valence-electron chi connectivity index (χ0n) is 11.8. The van der Waals surface area contributed by atoms with Crippen molar-refractivity contribution in [2.75, 3.05) is 7.11 Å². The van der Waals surface area contributed by atoms with E-state index in [0.29, 0.717) is 21.3 Å². The van der Waals surface area contributed by atoms with Gasteiger partial charge in [0.15, 0.2) is 5.78 Å². The maximum Gasteiger partial charge on any atom is 0.185 e. The molecule has 21 heavy (non-hydrogen) atoms. The van der Waals surface area contributed by atoms with Gasteiger partial charge >= 0.3 is 0 Å². The van der Waals surface area contributed by atoms with Gasteiger partial charge in [0.05, 0.1) is 13.2 Å². The van der Waals surface area contributed by atoms with E-state index >= 15 is 0 Å². The lowest BCUT2D eigenvalue weighted by molar-refractivity contribution is 0.0978. The number of ether oxygens (including phenoxy) is 1. The number of hydrogen-bond donors (Lipinski definition) is 0. The quantitative estimate of drug-likeness (QED) is 0.779. The van der Waals surface area contributed by atoms with Crippen molar-refractivity contribution >= 4 is 21.7 Å². The first kappa shape index (κ1) is 15.3. The fourth-order valence-corrected chi connectivity index (χ4v) is 2.51. The number of carbonyl (C=O) groups excluding carboxylic acids is 1. The van der Waals surface area contributed by atoms with Gasteiger partial charge in [-0.1, -0.05) is 39.7 Å². The average Bonchev–Trinajstić information content (AvgIpc) is 2.51. The molecule has 3 nitrogen and oxygen atoms in total. The van der Waals surface area contributed by atoms with Crippen LogP contribution in [-0.2, 0) is 0 Å². The predicted octanol–water partition coefficient (Wildman–Crippen LogP) is 4.26. The van der Waals surface area contributed by atoms with Crippen molar-refractivity contribution in [1.82, 2.24) is 0 Å². The van der Waals surface area contributed by atoms with E-state index in [1.165, 1.54) is 0 Å². The fourth-order valence-electron chi connectivity index (χ4n) is 2.06. The Labute approximate surface area is 132 Å². The molecule has 0 aromatic heterocycles. The zero-order chi connectivity index (χ0) is 15.4. The Morgan fingerprint density at radius 1 is 1.24 bits per heavy atom. The second-order valence-corrected chi connectivity index (χ2v) is 5.54. The van der Waals surface area contributed by atoms with Gasteiger partial charge in [0.25, 0.3) is 0 Å². The van der Waals surface area contributed by atoms with Gasteiger partial charge in [-0.2, -0.15) is 5.26 Å². The molecule has 0 radical (unpaired) electrons. The van der Waals surface area contributed by atoms with Crippen LogP contribution in [0, 0.1) is 18.3 Å². The molecule has 106 valence electrons. The summed E-state index contributed by atoms with van der Waals surface area (Å²) in [5.41, 5.74) is 2.17. The second kappa shape index (κ2) is 6.55. The number of carbonyl (C=O) groups is 1. The number of aryl methyl sites for hydroxylation is 1. The molecule has 2 rings (SSSR count). The maximum atomic E-state index is 12.6. The number of halogens is 1. The molecule has 0 aliphatic rings. The van der Waals surface area contributed by atoms with E-state index in [0.717, 1.165) is 5.56 Å². The smallest absolute Gasteiger partial charge is 0.185 e. The van der Waals surface area contributed by atoms with Crippen molar-refractivity contribution in [3.05, 3.63) is 63.6 Å². The summed E-state index contributed by atoms with van der Waals surface area (Å²) in [5, 5.41) is 9.38. The number of hydrogen-bond acceptors (Lipinski definition) is 3. The van der Waals surface area contributed by atoms with Crippen molar-refractivity contribution in [3.63, 3.8) is 0 Å². The highest BCUT2D eigenvalue weighted by molar-refractivity contribution is 9.10. The van der Waals surface area contributed by atoms with Gasteiger partial charge in [-0.25, -0.2) is 0 Å². The molecular formula is C17H14BrNO2. The number of Topliss-reactive ketones (excluding diaryl/α,β-unsaturated/α-hetero) is 1. The second-order valence-electron chi connectivity index (χ2n) is 4.68. The van der Waals surface area contributed by atoms with Gasteiger partial charge in [0, 0.05) is 10.0 Å². The van der Waals surface area contributed by atoms with Crippen LogP contribution in [0.2, 0.25) is 0 Å². The highest BCUT2D eigenvalue weighted by Gasteiger charge is 2.23. The molecule has 0 amide bonds. The SMILES string of the molecule is COc1ccc(C(C#N)C(=O)c2cc(C)ccc2Br)cc1. The lowest BCUT2D eigenvalue weighted by Crippen LogP contribution is -2.12. The van der Waals surface area contributed by atoms with Crippen LogP contribution in [0.1, 0.15) is 27.4 Å². The number of nitriles is 1. The van der Waals surface area contributed by atoms with E-state index in [2.05, 4.69) is 22.0 Å². The van der Waals surface area contributed by atoms with Crippen LogP contribution in [0.25, 0.3) is 0 Å². The third-order valence-corrected chi connectivity index (χ3v) is 3.92. The molecule has 1 unspecified atom stereocenters. The van der Waals surface area contributed by atoms with Crippen LogP contribution in [0.3, 0.4) is 0 Å². The Morgan fingerprint density at radius 3 is 2.48 bits per heavy atom. The Balaban J connectivity index is 2.38. The fraction of sp³-hybridized carbons (Fsp3) is 0.176. The molecule has 0 bridgehead atoms. The van der Waals surface area contributed by atoms with Gasteiger partial charge in [0.2, 0.25) is 0 Å². The Morgan fingerprint density at radius 2 is 1.90 bits per heavy atom. The lowest BCUT2D eigenvalue weighted by atomic mass is 9.91. The minimum absolute atomic E-state index is 0.210. The minimum Gasteiger partial charge on any atom is -0.497 e. The molecule has 0 saturated heterocycles. The van der Waals surface area contributed by atoms with Crippen LogP contribution in [0.15, 0.2) is 46.9 Å². The number of benzene rings is 2. The number of rotatable bonds is 4. The van der Waals surface area contributed by atoms with E-state index in [1.807, 2.05) is 19.1 Å². The summed E-state index contributed by atoms with van der Waals surface area (Å²) >= 11 is 3.37. The van der Waals surface area contributed by atoms with Gasteiger partial charge in [-0.15, -0.1) is 0 Å². The molecular weight excluding hydrogens is 330 g/mol. The molecule has 2 aromatic carbocycles. The van der Waals surface area contributed by atoms with Crippen LogP contribution in [0.4, 0.5) is 0 Å². The molecule has 0 aliphatic heterocycles. The molecule has 0 spiro atoms. The topological polar surface area (TPSA) is 50.1 Å². The maximum absolute atomic E-state index is 12.6. The zero-order valence-corrected chi connectivity index (χ0v) is 13.3. The number of ketones is 1. The molecule has 1 atom stereocenters. The minimum atomic E-state index is -0.825. The summed E-state index contributed by atoms with van der Waals surface area (Å²) in [6.45, 7) is 1.91. The third kappa shape index (κ3) is 3.32. The number of methoxy groups -OCH3 is 1. The predicted molar refractivity (Wildman–Crippen MR) is 84.6 cm³/mol. The molecule has 0 N–H and O–H groups in total. The summed E-state index contributed by atoms with van der Waals surface area (Å²) < 4.78 is 5.79. The van der Waals surface area contributed by atoms with Crippen LogP contribution in [-0.4, -0.2) is 12.9 Å². The van der Waals surface area contributed by atoms with E-state index in [4.69, 9.17) is 4.74 Å². The highest BCUT2D eigenvalue weighted by Crippen LogP contribution is 2.27. The van der Waals surface area contributed by atoms with Gasteiger partial charge < -0.3 is 4.74 Å². The first-order valence-electron chi connectivity index (χ1n) is 6.40. The molecule has 0 aliphatic carbocycles. The summed E-state index contributed by atoms with van der Waals surface area (Å²) in [4.78, 5) is 12.6. The van der Waals surface area contributed by atoms with Crippen molar-refractivity contribution < 1.29 is 9.53 Å². The lowest BCUT2D eigenvalue weighted by Gasteiger charge is -2.11. The largest absolute Gasteiger partial charge is 0.497 e. The summed E-state index contributed by atoms with van der Waals surface area (Å²) in [5.74, 6) is -0.341. The Hall–Kier alpha value is -2.12. The standard InChI is InChI=1S/C17H14BrNO2/c1-11-3-8-16(18)14(9-11)17(20)15(10-19)12-4-6-13(21-2)7-5-12/h3-9,15H,1-2H3. The van der Waals surface area contributed by atoms with Crippen LogP contribution >= 0.6 is 15.9 Å². The Bertz CT molecular complexity index is 702. The third-order valence-electron chi connectivity index (χ3n) is 3.23. The summed E-state index contributed by atoms with van der Waals surface area (Å²) in [7, 11) is 1.58. The van der Waals surface area contributed by atoms with Gasteiger partial charge in [0.1, 0.15) is 11.7 Å². The monoisotopic (exact) mass is 343 g/mol. The van der Waals surface area contributed by atoms with Crippen molar-refractivity contribution in [2.45, 2.75) is 12.8 Å². The Kier molecular flexibility index (Phi) is 4.77. The van der Waals surface area contributed by atoms with Crippen molar-refractivity contribution in [3.8, 4) is 11.8 Å². The van der Waals surface area contributed by atoms with Gasteiger partial charge in [-0.05, 0) is 36.8 Å². The van der Waals surface area contributed by atoms with Crippen LogP contribution in [0.5, 0.6) is 5.75 Å². The van der Waals surface area contributed by atoms with Crippen molar-refractivity contribution in [1.29, 1.82) is 5.26 Å². The summed E-state index contributed by atoms with van der Waals surface area (Å²) in [6, 6.07) is 14.6. The van der Waals surface area contributed by atoms with Crippen LogP contribution < -0.4 is 4.74 Å². The summed E-state index contributed by atoms with van der Waals surface area (Å²) in [6.07, 6.45) is 0. The van der Waals surface area contributed by atoms with E-state index < -0.39 is 5.92 Å². The average molecular weight is 344 g/mol. The molecule has 0 heterocycles. The molecule has 0 saturated carbocycles. The normalized spacial score (nSPS) is 11.5. The van der Waals surface area contributed by atoms with E-state index in [-0.39, 0.29) is 5.78 Å². The first-order valence-corrected chi connectivity index (χ1v) is 7.20. The molecule has 0 fully saturated rings.